The minimum absolute atomic E-state index is 0.0942. The largest absolute Gasteiger partial charge is 0.772 e. The molecule has 1 aromatic heterocycles. The predicted molar refractivity (Wildman–Crippen MR) is 106 cm³/mol. The molecular formula is C18H14ClN2O4S2-. The van der Waals surface area contributed by atoms with Crippen LogP contribution in [0.15, 0.2) is 47.8 Å². The summed E-state index contributed by atoms with van der Waals surface area (Å²) in [6.07, 6.45) is 0. The molecule has 0 saturated heterocycles. The molecule has 0 spiro atoms. The number of benzene rings is 2. The topological polar surface area (TPSA) is 102 Å². The van der Waals surface area contributed by atoms with Crippen molar-refractivity contribution >= 4 is 45.6 Å². The monoisotopic (exact) mass is 421 g/mol. The summed E-state index contributed by atoms with van der Waals surface area (Å²) < 4.78 is 21.5. The lowest BCUT2D eigenvalue weighted by Crippen LogP contribution is -2.12. The number of hydrogen-bond donors (Lipinski definition) is 2. The SMILES string of the molecule is O=C(Nc1ccc(-c2csc(CO)n2)cc1)c1ccc(CS(=O)[O-])cc1Cl. The van der Waals surface area contributed by atoms with E-state index in [1.807, 2.05) is 17.5 Å². The molecule has 2 N–H and O–H groups in total. The van der Waals surface area contributed by atoms with E-state index in [4.69, 9.17) is 16.7 Å². The van der Waals surface area contributed by atoms with Gasteiger partial charge in [-0.05, 0) is 29.8 Å². The zero-order valence-electron chi connectivity index (χ0n) is 13.8. The molecule has 1 heterocycles. The van der Waals surface area contributed by atoms with Crippen molar-refractivity contribution in [3.63, 3.8) is 0 Å². The van der Waals surface area contributed by atoms with Crippen molar-refractivity contribution < 1.29 is 18.7 Å². The molecule has 1 amide bonds. The van der Waals surface area contributed by atoms with Crippen LogP contribution in [-0.2, 0) is 23.4 Å². The number of thiazole rings is 1. The number of rotatable bonds is 6. The van der Waals surface area contributed by atoms with Crippen LogP contribution in [0.4, 0.5) is 5.69 Å². The van der Waals surface area contributed by atoms with Gasteiger partial charge in [-0.15, -0.1) is 11.3 Å². The van der Waals surface area contributed by atoms with E-state index in [-0.39, 0.29) is 22.9 Å². The summed E-state index contributed by atoms with van der Waals surface area (Å²) >= 11 is 5.27. The van der Waals surface area contributed by atoms with Crippen LogP contribution in [0, 0.1) is 0 Å². The van der Waals surface area contributed by atoms with Gasteiger partial charge in [0.15, 0.2) is 0 Å². The van der Waals surface area contributed by atoms with Gasteiger partial charge in [-0.25, -0.2) is 4.98 Å². The maximum atomic E-state index is 12.4. The van der Waals surface area contributed by atoms with Gasteiger partial charge in [0.2, 0.25) is 0 Å². The van der Waals surface area contributed by atoms with Gasteiger partial charge in [0.1, 0.15) is 5.01 Å². The second kappa shape index (κ2) is 8.73. The quantitative estimate of drug-likeness (QED) is 0.592. The maximum Gasteiger partial charge on any atom is 0.257 e. The smallest absolute Gasteiger partial charge is 0.257 e. The van der Waals surface area contributed by atoms with Crippen LogP contribution in [0.25, 0.3) is 11.3 Å². The number of aliphatic hydroxyl groups is 1. The third-order valence-corrected chi connectivity index (χ3v) is 5.40. The Balaban J connectivity index is 1.71. The Morgan fingerprint density at radius 3 is 2.59 bits per heavy atom. The number of anilines is 1. The van der Waals surface area contributed by atoms with E-state index in [0.29, 0.717) is 16.3 Å². The molecule has 1 unspecified atom stereocenters. The van der Waals surface area contributed by atoms with Gasteiger partial charge in [0.05, 0.1) is 22.9 Å². The number of aliphatic hydroxyl groups excluding tert-OH is 1. The molecule has 6 nitrogen and oxygen atoms in total. The van der Waals surface area contributed by atoms with Crippen LogP contribution < -0.4 is 5.32 Å². The van der Waals surface area contributed by atoms with E-state index < -0.39 is 17.0 Å². The molecule has 0 bridgehead atoms. The highest BCUT2D eigenvalue weighted by molar-refractivity contribution is 7.78. The molecule has 0 aliphatic rings. The summed E-state index contributed by atoms with van der Waals surface area (Å²) in [7, 11) is 0. The van der Waals surface area contributed by atoms with Gasteiger partial charge in [-0.1, -0.05) is 40.9 Å². The molecule has 140 valence electrons. The Bertz CT molecular complexity index is 989. The van der Waals surface area contributed by atoms with E-state index in [2.05, 4.69) is 10.3 Å². The third-order valence-electron chi connectivity index (χ3n) is 3.69. The van der Waals surface area contributed by atoms with Gasteiger partial charge in [-0.2, -0.15) is 0 Å². The number of nitrogens with zero attached hydrogens (tertiary/aromatic N) is 1. The Morgan fingerprint density at radius 1 is 1.26 bits per heavy atom. The molecule has 1 atom stereocenters. The summed E-state index contributed by atoms with van der Waals surface area (Å²) in [5.74, 6) is -0.545. The molecule has 0 radical (unpaired) electrons. The molecule has 0 aliphatic heterocycles. The maximum absolute atomic E-state index is 12.4. The van der Waals surface area contributed by atoms with Gasteiger partial charge in [-0.3, -0.25) is 9.00 Å². The lowest BCUT2D eigenvalue weighted by molar-refractivity contribution is 0.102. The fraction of sp³-hybridized carbons (Fsp3) is 0.111. The number of carbonyl (C=O) groups is 1. The summed E-state index contributed by atoms with van der Waals surface area (Å²) in [4.78, 5) is 16.7. The van der Waals surface area contributed by atoms with Crippen LogP contribution >= 0.6 is 22.9 Å². The molecule has 3 rings (SSSR count). The highest BCUT2D eigenvalue weighted by atomic mass is 35.5. The average Bonchev–Trinajstić information content (AvgIpc) is 3.11. The van der Waals surface area contributed by atoms with E-state index in [1.165, 1.54) is 23.5 Å². The molecular weight excluding hydrogens is 408 g/mol. The van der Waals surface area contributed by atoms with Crippen molar-refractivity contribution in [2.24, 2.45) is 0 Å². The molecule has 0 saturated carbocycles. The summed E-state index contributed by atoms with van der Waals surface area (Å²) in [6, 6.07) is 11.7. The predicted octanol–water partition coefficient (Wildman–Crippen LogP) is 3.59. The van der Waals surface area contributed by atoms with Crippen molar-refractivity contribution in [2.75, 3.05) is 5.32 Å². The second-order valence-electron chi connectivity index (χ2n) is 5.58. The fourth-order valence-electron chi connectivity index (χ4n) is 2.41. The van der Waals surface area contributed by atoms with E-state index in [1.54, 1.807) is 18.2 Å². The minimum Gasteiger partial charge on any atom is -0.772 e. The molecule has 27 heavy (non-hydrogen) atoms. The highest BCUT2D eigenvalue weighted by Crippen LogP contribution is 2.24. The molecule has 0 aliphatic carbocycles. The highest BCUT2D eigenvalue weighted by Gasteiger charge is 2.12. The van der Waals surface area contributed by atoms with Crippen LogP contribution in [0.5, 0.6) is 0 Å². The number of carbonyl (C=O) groups excluding carboxylic acids is 1. The van der Waals surface area contributed by atoms with Crippen molar-refractivity contribution in [1.29, 1.82) is 0 Å². The van der Waals surface area contributed by atoms with E-state index in [9.17, 15) is 13.6 Å². The molecule has 9 heteroatoms. The number of halogens is 1. The van der Waals surface area contributed by atoms with Crippen molar-refractivity contribution in [3.05, 3.63) is 69.0 Å². The number of hydrogen-bond acceptors (Lipinski definition) is 6. The fourth-order valence-corrected chi connectivity index (χ4v) is 3.81. The van der Waals surface area contributed by atoms with Gasteiger partial charge in [0, 0.05) is 22.4 Å². The Hall–Kier alpha value is -2.10. The first kappa shape index (κ1) is 19.7. The van der Waals surface area contributed by atoms with Crippen molar-refractivity contribution in [3.8, 4) is 11.3 Å². The molecule has 0 fully saturated rings. The standard InChI is InChI=1S/C18H15ClN2O4S2/c19-15-7-11(10-27(24)25)1-6-14(15)18(23)20-13-4-2-12(3-5-13)16-9-26-17(8-22)21-16/h1-7,9,22H,8,10H2,(H,20,23)(H,24,25)/p-1. The van der Waals surface area contributed by atoms with Crippen molar-refractivity contribution in [2.45, 2.75) is 12.4 Å². The van der Waals surface area contributed by atoms with Crippen LogP contribution in [0.2, 0.25) is 5.02 Å². The average molecular weight is 422 g/mol. The van der Waals surface area contributed by atoms with Crippen molar-refractivity contribution in [1.82, 2.24) is 4.98 Å². The van der Waals surface area contributed by atoms with E-state index in [0.717, 1.165) is 11.3 Å². The number of amides is 1. The first-order chi connectivity index (χ1) is 13.0. The number of nitrogens with one attached hydrogen (secondary N) is 1. The second-order valence-corrected chi connectivity index (χ2v) is 7.82. The van der Waals surface area contributed by atoms with Crippen LogP contribution in [0.3, 0.4) is 0 Å². The van der Waals surface area contributed by atoms with Gasteiger partial charge in [0.25, 0.3) is 5.91 Å². The zero-order chi connectivity index (χ0) is 19.4. The van der Waals surface area contributed by atoms with Gasteiger partial charge < -0.3 is 15.0 Å². The summed E-state index contributed by atoms with van der Waals surface area (Å²) in [5, 5.41) is 14.5. The first-order valence-electron chi connectivity index (χ1n) is 7.77. The van der Waals surface area contributed by atoms with E-state index >= 15 is 0 Å². The summed E-state index contributed by atoms with van der Waals surface area (Å²) in [6.45, 7) is -0.0942. The molecule has 2 aromatic carbocycles. The number of aromatic nitrogens is 1. The van der Waals surface area contributed by atoms with Crippen LogP contribution in [-0.4, -0.2) is 24.8 Å². The third kappa shape index (κ3) is 5.00. The Morgan fingerprint density at radius 2 is 2.00 bits per heavy atom. The Kier molecular flexibility index (Phi) is 6.35. The van der Waals surface area contributed by atoms with Crippen LogP contribution in [0.1, 0.15) is 20.9 Å². The summed E-state index contributed by atoms with van der Waals surface area (Å²) in [5.41, 5.74) is 2.99. The van der Waals surface area contributed by atoms with Gasteiger partial charge >= 0.3 is 0 Å². The zero-order valence-corrected chi connectivity index (χ0v) is 16.2. The lowest BCUT2D eigenvalue weighted by atomic mass is 10.1. The minimum atomic E-state index is -2.22. The molecule has 3 aromatic rings. The lowest BCUT2D eigenvalue weighted by Gasteiger charge is -2.10. The Labute approximate surface area is 167 Å². The first-order valence-corrected chi connectivity index (χ1v) is 10.3. The normalized spacial score (nSPS) is 12.0.